The normalized spacial score (nSPS) is 11.8. The summed E-state index contributed by atoms with van der Waals surface area (Å²) in [6.45, 7) is 6.14. The Labute approximate surface area is 159 Å². The number of hydrogen-bond acceptors (Lipinski definition) is 7. The summed E-state index contributed by atoms with van der Waals surface area (Å²) in [4.78, 5) is 28.2. The van der Waals surface area contributed by atoms with Crippen LogP contribution in [0.1, 0.15) is 74.1 Å². The number of nitrogens with zero attached hydrogens (tertiary/aromatic N) is 2. The molecule has 1 aromatic heterocycles. The van der Waals surface area contributed by atoms with Crippen LogP contribution in [0.4, 0.5) is 0 Å². The number of rotatable bonds is 11. The van der Waals surface area contributed by atoms with E-state index in [1.54, 1.807) is 38.1 Å². The van der Waals surface area contributed by atoms with Crippen LogP contribution in [0, 0.1) is 6.92 Å². The Morgan fingerprint density at radius 2 is 1.89 bits per heavy atom. The van der Waals surface area contributed by atoms with E-state index in [4.69, 9.17) is 14.0 Å². The third kappa shape index (κ3) is 6.84. The Bertz CT molecular complexity index is 739. The third-order valence-corrected chi connectivity index (χ3v) is 3.95. The van der Waals surface area contributed by atoms with Gasteiger partial charge in [0.25, 0.3) is 5.89 Å². The molecule has 2 aromatic rings. The van der Waals surface area contributed by atoms with Gasteiger partial charge in [-0.05, 0) is 44.5 Å². The van der Waals surface area contributed by atoms with E-state index in [1.807, 2.05) is 0 Å². The molecule has 0 radical (unpaired) electrons. The van der Waals surface area contributed by atoms with E-state index in [0.29, 0.717) is 18.0 Å². The first-order valence-electron chi connectivity index (χ1n) is 9.25. The number of esters is 1. The maximum Gasteiger partial charge on any atom is 0.307 e. The monoisotopic (exact) mass is 374 g/mol. The first-order valence-corrected chi connectivity index (χ1v) is 9.25. The summed E-state index contributed by atoms with van der Waals surface area (Å²) in [5.41, 5.74) is 0.546. The van der Waals surface area contributed by atoms with Crippen LogP contribution in [0.2, 0.25) is 0 Å². The van der Waals surface area contributed by atoms with E-state index in [0.717, 1.165) is 25.0 Å². The molecule has 0 fully saturated rings. The van der Waals surface area contributed by atoms with Crippen molar-refractivity contribution in [3.05, 3.63) is 41.5 Å². The lowest BCUT2D eigenvalue weighted by atomic mass is 10.1. The van der Waals surface area contributed by atoms with Crippen LogP contribution in [0.3, 0.4) is 0 Å². The maximum atomic E-state index is 12.2. The number of carbonyl (C=O) groups is 2. The number of Topliss-reactive ketones (excluding diaryl/α,β-unsaturated/α-hetero) is 1. The predicted octanol–water partition coefficient (Wildman–Crippen LogP) is 4.21. The van der Waals surface area contributed by atoms with Crippen molar-refractivity contribution in [3.63, 3.8) is 0 Å². The molecule has 146 valence electrons. The van der Waals surface area contributed by atoms with Gasteiger partial charge in [0.2, 0.25) is 0 Å². The van der Waals surface area contributed by atoms with E-state index in [1.165, 1.54) is 0 Å². The summed E-state index contributed by atoms with van der Waals surface area (Å²) in [7, 11) is 0. The van der Waals surface area contributed by atoms with Crippen LogP contribution in [-0.4, -0.2) is 28.5 Å². The average molecular weight is 374 g/mol. The highest BCUT2D eigenvalue weighted by Crippen LogP contribution is 2.17. The molecule has 0 bridgehead atoms. The Morgan fingerprint density at radius 3 is 2.52 bits per heavy atom. The number of aromatic nitrogens is 2. The molecule has 0 saturated carbocycles. The molecule has 0 spiro atoms. The van der Waals surface area contributed by atoms with E-state index in [9.17, 15) is 9.59 Å². The zero-order valence-corrected chi connectivity index (χ0v) is 16.1. The highest BCUT2D eigenvalue weighted by molar-refractivity contribution is 5.97. The van der Waals surface area contributed by atoms with Gasteiger partial charge in [0, 0.05) is 12.0 Å². The van der Waals surface area contributed by atoms with Crippen molar-refractivity contribution in [2.24, 2.45) is 0 Å². The second-order valence-electron chi connectivity index (χ2n) is 6.32. The number of carbonyl (C=O) groups excluding carboxylic acids is 2. The Hall–Kier alpha value is -2.70. The zero-order valence-electron chi connectivity index (χ0n) is 16.1. The van der Waals surface area contributed by atoms with Gasteiger partial charge in [-0.25, -0.2) is 0 Å². The number of benzene rings is 1. The number of hydrogen-bond donors (Lipinski definition) is 0. The second-order valence-corrected chi connectivity index (χ2v) is 6.32. The molecule has 2 rings (SSSR count). The van der Waals surface area contributed by atoms with Crippen LogP contribution >= 0.6 is 0 Å². The van der Waals surface area contributed by atoms with E-state index in [-0.39, 0.29) is 24.5 Å². The van der Waals surface area contributed by atoms with Crippen molar-refractivity contribution in [3.8, 4) is 5.75 Å². The van der Waals surface area contributed by atoms with Gasteiger partial charge < -0.3 is 14.0 Å². The fourth-order valence-electron chi connectivity index (χ4n) is 2.42. The van der Waals surface area contributed by atoms with E-state index in [2.05, 4.69) is 17.1 Å². The SMILES string of the molecule is CCCCCOc1ccc(C(=O)CCC(=O)OC(C)c2nc(C)no2)cc1. The molecule has 1 atom stereocenters. The molecule has 27 heavy (non-hydrogen) atoms. The van der Waals surface area contributed by atoms with Crippen molar-refractivity contribution < 1.29 is 23.6 Å². The van der Waals surface area contributed by atoms with Gasteiger partial charge in [-0.1, -0.05) is 24.9 Å². The van der Waals surface area contributed by atoms with Crippen LogP contribution in [0.15, 0.2) is 28.8 Å². The molecule has 1 aromatic carbocycles. The Morgan fingerprint density at radius 1 is 1.15 bits per heavy atom. The Kier molecular flexibility index (Phi) is 7.98. The molecule has 7 heteroatoms. The smallest absolute Gasteiger partial charge is 0.307 e. The molecule has 0 amide bonds. The molecular weight excluding hydrogens is 348 g/mol. The molecule has 7 nitrogen and oxygen atoms in total. The maximum absolute atomic E-state index is 12.2. The summed E-state index contributed by atoms with van der Waals surface area (Å²) < 4.78 is 15.8. The van der Waals surface area contributed by atoms with Gasteiger partial charge in [0.15, 0.2) is 17.7 Å². The van der Waals surface area contributed by atoms with E-state index < -0.39 is 12.1 Å². The largest absolute Gasteiger partial charge is 0.494 e. The van der Waals surface area contributed by atoms with Gasteiger partial charge in [0.1, 0.15) is 5.75 Å². The molecule has 0 aliphatic carbocycles. The minimum atomic E-state index is -0.641. The van der Waals surface area contributed by atoms with Crippen LogP contribution < -0.4 is 4.74 Å². The third-order valence-electron chi connectivity index (χ3n) is 3.95. The van der Waals surface area contributed by atoms with Crippen molar-refractivity contribution in [2.75, 3.05) is 6.61 Å². The average Bonchev–Trinajstić information content (AvgIpc) is 3.10. The fraction of sp³-hybridized carbons (Fsp3) is 0.500. The standard InChI is InChI=1S/C20H26N2O5/c1-4-5-6-13-25-17-9-7-16(8-10-17)18(23)11-12-19(24)26-14(2)20-21-15(3)22-27-20/h7-10,14H,4-6,11-13H2,1-3H3. The van der Waals surface area contributed by atoms with Crippen LogP contribution in [-0.2, 0) is 9.53 Å². The quantitative estimate of drug-likeness (QED) is 0.330. The lowest BCUT2D eigenvalue weighted by molar-refractivity contribution is -0.149. The number of ether oxygens (including phenoxy) is 2. The number of ketones is 1. The molecule has 1 heterocycles. The van der Waals surface area contributed by atoms with Crippen molar-refractivity contribution in [2.45, 2.75) is 59.0 Å². The highest BCUT2D eigenvalue weighted by atomic mass is 16.6. The molecule has 0 aliphatic heterocycles. The lowest BCUT2D eigenvalue weighted by Crippen LogP contribution is -2.11. The van der Waals surface area contributed by atoms with Crippen molar-refractivity contribution in [1.29, 1.82) is 0 Å². The fourth-order valence-corrected chi connectivity index (χ4v) is 2.42. The molecular formula is C20H26N2O5. The summed E-state index contributed by atoms with van der Waals surface area (Å²) >= 11 is 0. The summed E-state index contributed by atoms with van der Waals surface area (Å²) in [5.74, 6) is 0.849. The predicted molar refractivity (Wildman–Crippen MR) is 98.6 cm³/mol. The van der Waals surface area contributed by atoms with Gasteiger partial charge in [0.05, 0.1) is 13.0 Å². The molecule has 0 saturated heterocycles. The zero-order chi connectivity index (χ0) is 19.6. The number of aryl methyl sites for hydroxylation is 1. The van der Waals surface area contributed by atoms with Gasteiger partial charge in [-0.15, -0.1) is 0 Å². The van der Waals surface area contributed by atoms with Gasteiger partial charge >= 0.3 is 5.97 Å². The van der Waals surface area contributed by atoms with Crippen LogP contribution in [0.5, 0.6) is 5.75 Å². The molecule has 0 N–H and O–H groups in total. The lowest BCUT2D eigenvalue weighted by Gasteiger charge is -2.09. The highest BCUT2D eigenvalue weighted by Gasteiger charge is 2.18. The Balaban J connectivity index is 1.75. The van der Waals surface area contributed by atoms with E-state index >= 15 is 0 Å². The topological polar surface area (TPSA) is 91.5 Å². The van der Waals surface area contributed by atoms with Gasteiger partial charge in [-0.2, -0.15) is 4.98 Å². The summed E-state index contributed by atoms with van der Waals surface area (Å²) in [5, 5.41) is 3.65. The van der Waals surface area contributed by atoms with Crippen molar-refractivity contribution in [1.82, 2.24) is 10.1 Å². The minimum absolute atomic E-state index is 0.00837. The molecule has 0 aliphatic rings. The first kappa shape index (κ1) is 20.6. The van der Waals surface area contributed by atoms with Gasteiger partial charge in [-0.3, -0.25) is 9.59 Å². The summed E-state index contributed by atoms with van der Waals surface area (Å²) in [6, 6.07) is 6.98. The van der Waals surface area contributed by atoms with Crippen LogP contribution in [0.25, 0.3) is 0 Å². The summed E-state index contributed by atoms with van der Waals surface area (Å²) in [6.07, 6.45) is 2.72. The second kappa shape index (κ2) is 10.4. The number of unbranched alkanes of at least 4 members (excludes halogenated alkanes) is 2. The van der Waals surface area contributed by atoms with Crippen molar-refractivity contribution >= 4 is 11.8 Å². The molecule has 1 unspecified atom stereocenters. The minimum Gasteiger partial charge on any atom is -0.494 e. The first-order chi connectivity index (χ1) is 13.0.